The first kappa shape index (κ1) is 11.7. The van der Waals surface area contributed by atoms with Gasteiger partial charge in [-0.05, 0) is 13.3 Å². The van der Waals surface area contributed by atoms with E-state index in [0.29, 0.717) is 0 Å². The summed E-state index contributed by atoms with van der Waals surface area (Å²) in [5.41, 5.74) is 0. The lowest BCUT2D eigenvalue weighted by Gasteiger charge is -2.10. The molecule has 13 heavy (non-hydrogen) atoms. The first-order chi connectivity index (χ1) is 6.06. The quantitative estimate of drug-likeness (QED) is 0.676. The molecule has 0 rings (SSSR count). The summed E-state index contributed by atoms with van der Waals surface area (Å²) in [6, 6.07) is 0. The first-order valence-corrected chi connectivity index (χ1v) is 4.22. The summed E-state index contributed by atoms with van der Waals surface area (Å²) in [6.45, 7) is 3.77. The normalized spacial score (nSPS) is 11.8. The molecule has 0 bridgehead atoms. The number of carbonyl (C=O) groups is 2. The maximum Gasteiger partial charge on any atom is 0.407 e. The van der Waals surface area contributed by atoms with Gasteiger partial charge in [0.2, 0.25) is 0 Å². The molecular formula is C8H15NO4. The molecule has 5 heteroatoms. The van der Waals surface area contributed by atoms with Crippen molar-refractivity contribution in [2.45, 2.75) is 32.8 Å². The van der Waals surface area contributed by atoms with Crippen molar-refractivity contribution in [3.63, 3.8) is 0 Å². The van der Waals surface area contributed by atoms with Crippen molar-refractivity contribution in [1.29, 1.82) is 0 Å². The van der Waals surface area contributed by atoms with Gasteiger partial charge in [-0.15, -0.1) is 0 Å². The van der Waals surface area contributed by atoms with Gasteiger partial charge in [-0.3, -0.25) is 4.79 Å². The van der Waals surface area contributed by atoms with Crippen LogP contribution in [0.3, 0.4) is 0 Å². The lowest BCUT2D eigenvalue weighted by Crippen LogP contribution is -2.29. The van der Waals surface area contributed by atoms with Crippen LogP contribution in [0.15, 0.2) is 0 Å². The number of amides is 1. The summed E-state index contributed by atoms with van der Waals surface area (Å²) in [6.07, 6.45) is -0.0393. The molecule has 1 atom stereocenters. The Morgan fingerprint density at radius 2 is 2.15 bits per heavy atom. The Kier molecular flexibility index (Phi) is 5.67. The monoisotopic (exact) mass is 189 g/mol. The second-order valence-electron chi connectivity index (χ2n) is 2.69. The van der Waals surface area contributed by atoms with E-state index >= 15 is 0 Å². The molecular weight excluding hydrogens is 174 g/mol. The van der Waals surface area contributed by atoms with Gasteiger partial charge in [0.15, 0.2) is 0 Å². The SMILES string of the molecule is CCC(C)OC(=O)NCCC(=O)O. The van der Waals surface area contributed by atoms with Crippen LogP contribution in [-0.2, 0) is 9.53 Å². The van der Waals surface area contributed by atoms with E-state index in [2.05, 4.69) is 5.32 Å². The van der Waals surface area contributed by atoms with Crippen molar-refractivity contribution in [2.75, 3.05) is 6.54 Å². The zero-order valence-electron chi connectivity index (χ0n) is 7.87. The number of hydrogen-bond acceptors (Lipinski definition) is 3. The number of nitrogens with one attached hydrogen (secondary N) is 1. The van der Waals surface area contributed by atoms with E-state index in [1.165, 1.54) is 0 Å². The molecule has 1 unspecified atom stereocenters. The van der Waals surface area contributed by atoms with Gasteiger partial charge in [-0.1, -0.05) is 6.92 Å². The number of carboxylic acid groups (broad SMARTS) is 1. The van der Waals surface area contributed by atoms with Crippen molar-refractivity contribution < 1.29 is 19.4 Å². The fraction of sp³-hybridized carbons (Fsp3) is 0.750. The Balaban J connectivity index is 3.46. The second-order valence-corrected chi connectivity index (χ2v) is 2.69. The third kappa shape index (κ3) is 7.11. The fourth-order valence-electron chi connectivity index (χ4n) is 0.579. The number of hydrogen-bond donors (Lipinski definition) is 2. The molecule has 0 aromatic rings. The predicted octanol–water partition coefficient (Wildman–Crippen LogP) is 0.986. The average molecular weight is 189 g/mol. The molecule has 76 valence electrons. The number of carboxylic acids is 1. The minimum absolute atomic E-state index is 0.0877. The first-order valence-electron chi connectivity index (χ1n) is 4.22. The summed E-state index contributed by atoms with van der Waals surface area (Å²) in [5.74, 6) is -0.941. The van der Waals surface area contributed by atoms with Crippen LogP contribution in [0.2, 0.25) is 0 Å². The van der Waals surface area contributed by atoms with E-state index in [0.717, 1.165) is 6.42 Å². The zero-order chi connectivity index (χ0) is 10.3. The van der Waals surface area contributed by atoms with Gasteiger partial charge < -0.3 is 15.2 Å². The van der Waals surface area contributed by atoms with Crippen LogP contribution in [0.25, 0.3) is 0 Å². The molecule has 0 aromatic carbocycles. The number of alkyl carbamates (subject to hydrolysis) is 1. The molecule has 0 spiro atoms. The minimum atomic E-state index is -0.941. The van der Waals surface area contributed by atoms with Crippen molar-refractivity contribution in [1.82, 2.24) is 5.32 Å². The van der Waals surface area contributed by atoms with E-state index < -0.39 is 12.1 Å². The molecule has 0 aliphatic heterocycles. The fourth-order valence-corrected chi connectivity index (χ4v) is 0.579. The lowest BCUT2D eigenvalue weighted by atomic mass is 10.3. The topological polar surface area (TPSA) is 75.6 Å². The molecule has 5 nitrogen and oxygen atoms in total. The smallest absolute Gasteiger partial charge is 0.407 e. The molecule has 0 aliphatic carbocycles. The summed E-state index contributed by atoms with van der Waals surface area (Å²) in [4.78, 5) is 20.9. The zero-order valence-corrected chi connectivity index (χ0v) is 7.87. The average Bonchev–Trinajstić information content (AvgIpc) is 2.03. The van der Waals surface area contributed by atoms with Crippen molar-refractivity contribution in [2.24, 2.45) is 0 Å². The number of aliphatic carboxylic acids is 1. The lowest BCUT2D eigenvalue weighted by molar-refractivity contribution is -0.136. The van der Waals surface area contributed by atoms with E-state index in [9.17, 15) is 9.59 Å². The third-order valence-corrected chi connectivity index (χ3v) is 1.49. The van der Waals surface area contributed by atoms with Crippen molar-refractivity contribution >= 4 is 12.1 Å². The summed E-state index contributed by atoms with van der Waals surface area (Å²) >= 11 is 0. The number of rotatable bonds is 5. The van der Waals surface area contributed by atoms with Gasteiger partial charge in [-0.2, -0.15) is 0 Å². The van der Waals surface area contributed by atoms with Crippen LogP contribution in [0.1, 0.15) is 26.7 Å². The molecule has 1 amide bonds. The van der Waals surface area contributed by atoms with Gasteiger partial charge in [0, 0.05) is 6.54 Å². The molecule has 0 radical (unpaired) electrons. The Morgan fingerprint density at radius 3 is 2.62 bits per heavy atom. The highest BCUT2D eigenvalue weighted by Crippen LogP contribution is 1.95. The van der Waals surface area contributed by atoms with E-state index in [4.69, 9.17) is 9.84 Å². The van der Waals surface area contributed by atoms with Gasteiger partial charge in [0.1, 0.15) is 6.10 Å². The van der Waals surface area contributed by atoms with Crippen LogP contribution in [-0.4, -0.2) is 29.8 Å². The van der Waals surface area contributed by atoms with E-state index in [-0.39, 0.29) is 19.1 Å². The highest BCUT2D eigenvalue weighted by Gasteiger charge is 2.06. The molecule has 2 N–H and O–H groups in total. The van der Waals surface area contributed by atoms with Gasteiger partial charge in [-0.25, -0.2) is 4.79 Å². The molecule has 0 aromatic heterocycles. The van der Waals surface area contributed by atoms with Gasteiger partial charge >= 0.3 is 12.1 Å². The van der Waals surface area contributed by atoms with Crippen LogP contribution in [0.4, 0.5) is 4.79 Å². The summed E-state index contributed by atoms with van der Waals surface area (Å²) in [5, 5.41) is 10.6. The van der Waals surface area contributed by atoms with Gasteiger partial charge in [0.25, 0.3) is 0 Å². The molecule has 0 aliphatic rings. The molecule has 0 saturated carbocycles. The van der Waals surface area contributed by atoms with Crippen LogP contribution >= 0.6 is 0 Å². The molecule has 0 fully saturated rings. The minimum Gasteiger partial charge on any atom is -0.481 e. The van der Waals surface area contributed by atoms with Crippen LogP contribution in [0, 0.1) is 0 Å². The molecule has 0 heterocycles. The Bertz CT molecular complexity index is 181. The highest BCUT2D eigenvalue weighted by atomic mass is 16.6. The van der Waals surface area contributed by atoms with E-state index in [1.54, 1.807) is 6.92 Å². The Labute approximate surface area is 77.1 Å². The highest BCUT2D eigenvalue weighted by molar-refractivity contribution is 5.70. The van der Waals surface area contributed by atoms with Crippen molar-refractivity contribution in [3.8, 4) is 0 Å². The van der Waals surface area contributed by atoms with Crippen molar-refractivity contribution in [3.05, 3.63) is 0 Å². The maximum atomic E-state index is 10.9. The Morgan fingerprint density at radius 1 is 1.54 bits per heavy atom. The number of carbonyl (C=O) groups excluding carboxylic acids is 1. The standard InChI is InChI=1S/C8H15NO4/c1-3-6(2)13-8(12)9-5-4-7(10)11/h6H,3-5H2,1-2H3,(H,9,12)(H,10,11). The predicted molar refractivity (Wildman–Crippen MR) is 46.5 cm³/mol. The Hall–Kier alpha value is -1.26. The van der Waals surface area contributed by atoms with Crippen LogP contribution in [0.5, 0.6) is 0 Å². The third-order valence-electron chi connectivity index (χ3n) is 1.49. The van der Waals surface area contributed by atoms with E-state index in [1.807, 2.05) is 6.92 Å². The summed E-state index contributed by atoms with van der Waals surface area (Å²) in [7, 11) is 0. The largest absolute Gasteiger partial charge is 0.481 e. The molecule has 0 saturated heterocycles. The second kappa shape index (κ2) is 6.28. The maximum absolute atomic E-state index is 10.9. The van der Waals surface area contributed by atoms with Crippen LogP contribution < -0.4 is 5.32 Å². The summed E-state index contributed by atoms with van der Waals surface area (Å²) < 4.78 is 4.84. The number of ether oxygens (including phenoxy) is 1. The van der Waals surface area contributed by atoms with Gasteiger partial charge in [0.05, 0.1) is 6.42 Å².